The number of aromatic nitrogens is 4. The Morgan fingerprint density at radius 2 is 2.16 bits per heavy atom. The van der Waals surface area contributed by atoms with Crippen molar-refractivity contribution in [2.45, 2.75) is 13.3 Å². The average Bonchev–Trinajstić information content (AvgIpc) is 2.93. The lowest BCUT2D eigenvalue weighted by Crippen LogP contribution is -2.44. The van der Waals surface area contributed by atoms with E-state index in [0.29, 0.717) is 5.95 Å². The zero-order valence-electron chi connectivity index (χ0n) is 11.1. The van der Waals surface area contributed by atoms with Gasteiger partial charge in [-0.05, 0) is 6.42 Å². The lowest BCUT2D eigenvalue weighted by Gasteiger charge is -2.28. The van der Waals surface area contributed by atoms with Gasteiger partial charge in [-0.3, -0.25) is 0 Å². The minimum Gasteiger partial charge on any atom is -0.354 e. The zero-order valence-corrected chi connectivity index (χ0v) is 11.1. The smallest absolute Gasteiger partial charge is 0.226 e. The topological polar surface area (TPSA) is 81.8 Å². The molecule has 1 fully saturated rings. The third-order valence-electron chi connectivity index (χ3n) is 3.22. The molecular formula is C12H19N7. The first-order valence-electron chi connectivity index (χ1n) is 6.79. The monoisotopic (exact) mass is 261 g/mol. The van der Waals surface area contributed by atoms with Gasteiger partial charge in [-0.1, -0.05) is 6.92 Å². The standard InChI is InChI=1S/C12H19N7/c1-2-3-14-12-17-10-9(15-8-16-10)11(18-12)19-6-4-13-5-7-19/h8,13H,2-7H2,1H3,(H2,14,15,16,17,18). The second-order valence-electron chi connectivity index (χ2n) is 4.64. The Kier molecular flexibility index (Phi) is 3.45. The Morgan fingerprint density at radius 3 is 2.95 bits per heavy atom. The Morgan fingerprint density at radius 1 is 1.32 bits per heavy atom. The summed E-state index contributed by atoms with van der Waals surface area (Å²) in [6.45, 7) is 6.87. The van der Waals surface area contributed by atoms with Crippen molar-refractivity contribution in [2.24, 2.45) is 0 Å². The van der Waals surface area contributed by atoms with Gasteiger partial charge >= 0.3 is 0 Å². The third-order valence-corrected chi connectivity index (χ3v) is 3.22. The van der Waals surface area contributed by atoms with Crippen LogP contribution in [0.15, 0.2) is 6.33 Å². The first-order valence-corrected chi connectivity index (χ1v) is 6.79. The molecule has 0 aliphatic carbocycles. The van der Waals surface area contributed by atoms with Gasteiger partial charge < -0.3 is 20.5 Å². The second kappa shape index (κ2) is 5.40. The number of fused-ring (bicyclic) bond motifs is 1. The number of imidazole rings is 1. The summed E-state index contributed by atoms with van der Waals surface area (Å²) < 4.78 is 0. The van der Waals surface area contributed by atoms with Gasteiger partial charge in [0.2, 0.25) is 5.95 Å². The van der Waals surface area contributed by atoms with Gasteiger partial charge in [-0.15, -0.1) is 0 Å². The molecule has 0 amide bonds. The summed E-state index contributed by atoms with van der Waals surface area (Å²) in [7, 11) is 0. The normalized spacial score (nSPS) is 15.9. The molecule has 0 aromatic carbocycles. The predicted molar refractivity (Wildman–Crippen MR) is 75.5 cm³/mol. The molecule has 0 spiro atoms. The van der Waals surface area contributed by atoms with E-state index in [9.17, 15) is 0 Å². The molecule has 3 N–H and O–H groups in total. The van der Waals surface area contributed by atoms with E-state index in [2.05, 4.69) is 42.4 Å². The molecule has 102 valence electrons. The lowest BCUT2D eigenvalue weighted by atomic mass is 10.3. The van der Waals surface area contributed by atoms with Crippen LogP contribution < -0.4 is 15.5 Å². The van der Waals surface area contributed by atoms with E-state index in [1.165, 1.54) is 0 Å². The molecule has 1 aliphatic rings. The highest BCUT2D eigenvalue weighted by Gasteiger charge is 2.17. The largest absolute Gasteiger partial charge is 0.354 e. The molecule has 0 saturated carbocycles. The average molecular weight is 261 g/mol. The molecule has 0 bridgehead atoms. The first-order chi connectivity index (χ1) is 9.38. The van der Waals surface area contributed by atoms with Crippen LogP contribution in [0.5, 0.6) is 0 Å². The van der Waals surface area contributed by atoms with Gasteiger partial charge in [-0.2, -0.15) is 9.97 Å². The zero-order chi connectivity index (χ0) is 13.1. The number of H-pyrrole nitrogens is 1. The molecule has 3 heterocycles. The summed E-state index contributed by atoms with van der Waals surface area (Å²) >= 11 is 0. The van der Waals surface area contributed by atoms with Crippen molar-refractivity contribution in [1.82, 2.24) is 25.3 Å². The van der Waals surface area contributed by atoms with E-state index in [4.69, 9.17) is 0 Å². The summed E-state index contributed by atoms with van der Waals surface area (Å²) in [5.41, 5.74) is 1.64. The molecule has 7 heteroatoms. The van der Waals surface area contributed by atoms with Crippen molar-refractivity contribution in [3.05, 3.63) is 6.33 Å². The minimum atomic E-state index is 0.662. The van der Waals surface area contributed by atoms with Crippen LogP contribution in [-0.2, 0) is 0 Å². The van der Waals surface area contributed by atoms with E-state index >= 15 is 0 Å². The van der Waals surface area contributed by atoms with Crippen LogP contribution in [0.3, 0.4) is 0 Å². The number of hydrogen-bond acceptors (Lipinski definition) is 6. The second-order valence-corrected chi connectivity index (χ2v) is 4.64. The number of nitrogens with one attached hydrogen (secondary N) is 3. The summed E-state index contributed by atoms with van der Waals surface area (Å²) in [4.78, 5) is 18.7. The van der Waals surface area contributed by atoms with Gasteiger partial charge in [0.15, 0.2) is 11.5 Å². The molecule has 0 radical (unpaired) electrons. The molecule has 3 rings (SSSR count). The molecule has 0 unspecified atom stereocenters. The van der Waals surface area contributed by atoms with E-state index in [1.807, 2.05) is 0 Å². The predicted octanol–water partition coefficient (Wildman–Crippen LogP) is 0.584. The molecule has 7 nitrogen and oxygen atoms in total. The van der Waals surface area contributed by atoms with Crippen molar-refractivity contribution < 1.29 is 0 Å². The van der Waals surface area contributed by atoms with Crippen molar-refractivity contribution in [3.8, 4) is 0 Å². The maximum Gasteiger partial charge on any atom is 0.226 e. The van der Waals surface area contributed by atoms with Crippen LogP contribution >= 0.6 is 0 Å². The summed E-state index contributed by atoms with van der Waals surface area (Å²) in [5, 5.41) is 6.59. The third kappa shape index (κ3) is 2.46. The van der Waals surface area contributed by atoms with Crippen molar-refractivity contribution in [2.75, 3.05) is 42.9 Å². The van der Waals surface area contributed by atoms with Crippen LogP contribution in [0.1, 0.15) is 13.3 Å². The fraction of sp³-hybridized carbons (Fsp3) is 0.583. The lowest BCUT2D eigenvalue weighted by molar-refractivity contribution is 0.586. The van der Waals surface area contributed by atoms with Crippen LogP contribution in [0.25, 0.3) is 11.2 Å². The summed E-state index contributed by atoms with van der Waals surface area (Å²) in [6, 6.07) is 0. The Hall–Kier alpha value is -1.89. The summed E-state index contributed by atoms with van der Waals surface area (Å²) in [6.07, 6.45) is 2.72. The van der Waals surface area contributed by atoms with E-state index in [1.54, 1.807) is 6.33 Å². The highest BCUT2D eigenvalue weighted by atomic mass is 15.3. The number of rotatable bonds is 4. The van der Waals surface area contributed by atoms with Gasteiger partial charge in [0, 0.05) is 32.7 Å². The van der Waals surface area contributed by atoms with Gasteiger partial charge in [0.25, 0.3) is 0 Å². The Bertz CT molecular complexity index is 544. The highest BCUT2D eigenvalue weighted by Crippen LogP contribution is 2.22. The molecule has 1 aliphatic heterocycles. The maximum atomic E-state index is 4.64. The summed E-state index contributed by atoms with van der Waals surface area (Å²) in [5.74, 6) is 1.61. The van der Waals surface area contributed by atoms with E-state index < -0.39 is 0 Å². The molecule has 2 aromatic rings. The van der Waals surface area contributed by atoms with Gasteiger partial charge in [-0.25, -0.2) is 4.98 Å². The Labute approximate surface area is 111 Å². The molecular weight excluding hydrogens is 242 g/mol. The highest BCUT2D eigenvalue weighted by molar-refractivity contribution is 5.84. The van der Waals surface area contributed by atoms with Crippen LogP contribution in [0.2, 0.25) is 0 Å². The Balaban J connectivity index is 1.97. The molecule has 1 saturated heterocycles. The SMILES string of the molecule is CCCNc1nc(N2CCNCC2)c2[nH]cnc2n1. The number of anilines is 2. The van der Waals surface area contributed by atoms with Crippen LogP contribution in [0.4, 0.5) is 11.8 Å². The van der Waals surface area contributed by atoms with E-state index in [-0.39, 0.29) is 0 Å². The first kappa shape index (κ1) is 12.2. The maximum absolute atomic E-state index is 4.64. The number of aromatic amines is 1. The minimum absolute atomic E-state index is 0.662. The fourth-order valence-corrected chi connectivity index (χ4v) is 2.24. The number of piperazine rings is 1. The van der Waals surface area contributed by atoms with Crippen molar-refractivity contribution >= 4 is 22.9 Å². The molecule has 0 atom stereocenters. The number of hydrogen-bond donors (Lipinski definition) is 3. The van der Waals surface area contributed by atoms with Crippen molar-refractivity contribution in [3.63, 3.8) is 0 Å². The van der Waals surface area contributed by atoms with Crippen molar-refractivity contribution in [1.29, 1.82) is 0 Å². The van der Waals surface area contributed by atoms with Crippen LogP contribution in [-0.4, -0.2) is 52.7 Å². The molecule has 2 aromatic heterocycles. The quantitative estimate of drug-likeness (QED) is 0.747. The molecule has 19 heavy (non-hydrogen) atoms. The van der Waals surface area contributed by atoms with Gasteiger partial charge in [0.1, 0.15) is 5.52 Å². The fourth-order valence-electron chi connectivity index (χ4n) is 2.24. The van der Waals surface area contributed by atoms with E-state index in [0.717, 1.165) is 56.1 Å². The van der Waals surface area contributed by atoms with Gasteiger partial charge in [0.05, 0.1) is 6.33 Å². The number of nitrogens with zero attached hydrogens (tertiary/aromatic N) is 4. The van der Waals surface area contributed by atoms with Crippen LogP contribution in [0, 0.1) is 0 Å².